The van der Waals surface area contributed by atoms with Crippen molar-refractivity contribution in [2.75, 3.05) is 0 Å². The Bertz CT molecular complexity index is 2730. The SMILES string of the molecule is C/C(=C\C(=NC(C)c1cccc2c1oc1ccccc12)c1ccccc1)c1ccc2oc3c4ccccc4nc(-c4ccccc4)c3c2c1. The predicted octanol–water partition coefficient (Wildman–Crippen LogP) is 12.4. The van der Waals surface area contributed by atoms with Crippen molar-refractivity contribution in [1.82, 2.24) is 4.98 Å². The molecule has 0 spiro atoms. The van der Waals surface area contributed by atoms with E-state index in [9.17, 15) is 0 Å². The highest BCUT2D eigenvalue weighted by Gasteiger charge is 2.19. The molecule has 0 radical (unpaired) electrons. The van der Waals surface area contributed by atoms with Crippen molar-refractivity contribution in [2.45, 2.75) is 19.9 Å². The van der Waals surface area contributed by atoms with E-state index in [4.69, 9.17) is 18.8 Å². The first kappa shape index (κ1) is 28.9. The zero-order chi connectivity index (χ0) is 32.9. The predicted molar refractivity (Wildman–Crippen MR) is 203 cm³/mol. The molecule has 0 bridgehead atoms. The maximum Gasteiger partial charge on any atom is 0.147 e. The lowest BCUT2D eigenvalue weighted by atomic mass is 9.98. The number of rotatable bonds is 6. The highest BCUT2D eigenvalue weighted by atomic mass is 16.3. The maximum absolute atomic E-state index is 6.58. The second-order valence-electron chi connectivity index (χ2n) is 12.6. The van der Waals surface area contributed by atoms with E-state index in [0.717, 1.165) is 94.0 Å². The maximum atomic E-state index is 6.58. The largest absolute Gasteiger partial charge is 0.456 e. The molecule has 9 aromatic rings. The molecule has 9 rings (SSSR count). The van der Waals surface area contributed by atoms with Crippen LogP contribution in [0.3, 0.4) is 0 Å². The van der Waals surface area contributed by atoms with E-state index < -0.39 is 0 Å². The van der Waals surface area contributed by atoms with Crippen molar-refractivity contribution in [3.63, 3.8) is 0 Å². The van der Waals surface area contributed by atoms with Crippen LogP contribution in [0.15, 0.2) is 165 Å². The third kappa shape index (κ3) is 5.01. The van der Waals surface area contributed by atoms with Gasteiger partial charge in [-0.15, -0.1) is 0 Å². The van der Waals surface area contributed by atoms with E-state index in [0.29, 0.717) is 0 Å². The molecule has 234 valence electrons. The summed E-state index contributed by atoms with van der Waals surface area (Å²) in [6, 6.07) is 49.8. The Hall–Kier alpha value is -6.26. The summed E-state index contributed by atoms with van der Waals surface area (Å²) in [6.45, 7) is 4.29. The summed E-state index contributed by atoms with van der Waals surface area (Å²) < 4.78 is 13.0. The minimum absolute atomic E-state index is 0.142. The van der Waals surface area contributed by atoms with Gasteiger partial charge in [-0.25, -0.2) is 4.98 Å². The van der Waals surface area contributed by atoms with Crippen LogP contribution in [0, 0.1) is 0 Å². The van der Waals surface area contributed by atoms with Crippen LogP contribution >= 0.6 is 0 Å². The van der Waals surface area contributed by atoms with Crippen LogP contribution in [-0.2, 0) is 0 Å². The molecule has 0 aliphatic carbocycles. The molecule has 1 unspecified atom stereocenters. The quantitative estimate of drug-likeness (QED) is 0.171. The van der Waals surface area contributed by atoms with Crippen molar-refractivity contribution in [2.24, 2.45) is 4.99 Å². The molecule has 6 aromatic carbocycles. The molecule has 4 heteroatoms. The Morgan fingerprint density at radius 2 is 1.29 bits per heavy atom. The molecule has 3 heterocycles. The number of benzene rings is 6. The minimum Gasteiger partial charge on any atom is -0.456 e. The number of fused-ring (bicyclic) bond motifs is 8. The van der Waals surface area contributed by atoms with Gasteiger partial charge in [-0.3, -0.25) is 4.99 Å². The Morgan fingerprint density at radius 1 is 0.612 bits per heavy atom. The Labute approximate surface area is 283 Å². The van der Waals surface area contributed by atoms with E-state index in [1.165, 1.54) is 0 Å². The van der Waals surface area contributed by atoms with E-state index in [-0.39, 0.29) is 6.04 Å². The highest BCUT2D eigenvalue weighted by molar-refractivity contribution is 6.20. The van der Waals surface area contributed by atoms with E-state index in [1.54, 1.807) is 0 Å². The Balaban J connectivity index is 1.19. The van der Waals surface area contributed by atoms with Gasteiger partial charge < -0.3 is 8.83 Å². The number of furan rings is 2. The number of pyridine rings is 1. The van der Waals surface area contributed by atoms with Crippen molar-refractivity contribution >= 4 is 66.1 Å². The number of allylic oxidation sites excluding steroid dienone is 2. The third-order valence-corrected chi connectivity index (χ3v) is 9.45. The molecule has 4 nitrogen and oxygen atoms in total. The van der Waals surface area contributed by atoms with Gasteiger partial charge in [0.15, 0.2) is 0 Å². The fourth-order valence-electron chi connectivity index (χ4n) is 6.98. The smallest absolute Gasteiger partial charge is 0.147 e. The summed E-state index contributed by atoms with van der Waals surface area (Å²) >= 11 is 0. The Morgan fingerprint density at radius 3 is 2.12 bits per heavy atom. The summed E-state index contributed by atoms with van der Waals surface area (Å²) in [6.07, 6.45) is 2.19. The van der Waals surface area contributed by atoms with Gasteiger partial charge in [0, 0.05) is 32.7 Å². The highest BCUT2D eigenvalue weighted by Crippen LogP contribution is 2.40. The van der Waals surface area contributed by atoms with Crippen molar-refractivity contribution in [3.8, 4) is 11.3 Å². The number of hydrogen-bond donors (Lipinski definition) is 0. The van der Waals surface area contributed by atoms with E-state index >= 15 is 0 Å². The summed E-state index contributed by atoms with van der Waals surface area (Å²) in [7, 11) is 0. The molecular formula is C45H32N2O2. The average Bonchev–Trinajstić information content (AvgIpc) is 3.74. The van der Waals surface area contributed by atoms with Gasteiger partial charge in [0.25, 0.3) is 0 Å². The first-order valence-corrected chi connectivity index (χ1v) is 16.6. The third-order valence-electron chi connectivity index (χ3n) is 9.45. The van der Waals surface area contributed by atoms with Gasteiger partial charge in [0.05, 0.1) is 28.4 Å². The summed E-state index contributed by atoms with van der Waals surface area (Å²) in [4.78, 5) is 10.5. The molecule has 0 N–H and O–H groups in total. The van der Waals surface area contributed by atoms with Crippen LogP contribution in [0.2, 0.25) is 0 Å². The van der Waals surface area contributed by atoms with Gasteiger partial charge in [-0.2, -0.15) is 0 Å². The van der Waals surface area contributed by atoms with Gasteiger partial charge in [-0.1, -0.05) is 115 Å². The molecule has 1 atom stereocenters. The lowest BCUT2D eigenvalue weighted by Crippen LogP contribution is -2.02. The average molecular weight is 633 g/mol. The van der Waals surface area contributed by atoms with Crippen molar-refractivity contribution in [1.29, 1.82) is 0 Å². The van der Waals surface area contributed by atoms with Crippen molar-refractivity contribution < 1.29 is 8.83 Å². The zero-order valence-electron chi connectivity index (χ0n) is 27.2. The minimum atomic E-state index is -0.142. The van der Waals surface area contributed by atoms with Crippen LogP contribution in [0.25, 0.3) is 71.6 Å². The fourth-order valence-corrected chi connectivity index (χ4v) is 6.98. The zero-order valence-corrected chi connectivity index (χ0v) is 27.2. The van der Waals surface area contributed by atoms with E-state index in [1.807, 2.05) is 42.5 Å². The van der Waals surface area contributed by atoms with E-state index in [2.05, 4.69) is 123 Å². The van der Waals surface area contributed by atoms with Crippen LogP contribution < -0.4 is 0 Å². The van der Waals surface area contributed by atoms with Crippen LogP contribution in [-0.4, -0.2) is 10.7 Å². The molecular weight excluding hydrogens is 601 g/mol. The first-order chi connectivity index (χ1) is 24.1. The molecule has 0 saturated heterocycles. The summed E-state index contributed by atoms with van der Waals surface area (Å²) in [5.41, 5.74) is 11.6. The van der Waals surface area contributed by atoms with Crippen LogP contribution in [0.1, 0.15) is 36.6 Å². The number of para-hydroxylation sites is 3. The van der Waals surface area contributed by atoms with Crippen LogP contribution in [0.4, 0.5) is 0 Å². The molecule has 0 aliphatic rings. The molecule has 0 amide bonds. The number of hydrogen-bond acceptors (Lipinski definition) is 4. The summed E-state index contributed by atoms with van der Waals surface area (Å²) in [5, 5.41) is 5.31. The first-order valence-electron chi connectivity index (χ1n) is 16.6. The van der Waals surface area contributed by atoms with Crippen molar-refractivity contribution in [3.05, 3.63) is 168 Å². The van der Waals surface area contributed by atoms with Gasteiger partial charge in [0.2, 0.25) is 0 Å². The topological polar surface area (TPSA) is 51.5 Å². The lowest BCUT2D eigenvalue weighted by molar-refractivity contribution is 0.654. The standard InChI is InChI=1S/C45H32N2O2/c1-28(26-39(30-14-5-3-6-15-30)46-29(2)33-20-13-21-35-34-18-10-12-23-40(34)48-44(33)35)32-24-25-41-37(27-32)42-43(31-16-7-4-8-17-31)47-38-22-11-9-19-36(38)45(42)49-41/h3-27,29H,1-2H3/b28-26+,46-39?. The number of aliphatic imine (C=N–C) groups is 1. The lowest BCUT2D eigenvalue weighted by Gasteiger charge is -2.12. The second-order valence-corrected chi connectivity index (χ2v) is 12.6. The van der Waals surface area contributed by atoms with Gasteiger partial charge in [-0.05, 0) is 67.0 Å². The molecule has 0 saturated carbocycles. The monoisotopic (exact) mass is 632 g/mol. The normalized spacial score (nSPS) is 13.3. The van der Waals surface area contributed by atoms with Gasteiger partial charge >= 0.3 is 0 Å². The molecule has 0 fully saturated rings. The second kappa shape index (κ2) is 11.8. The van der Waals surface area contributed by atoms with Gasteiger partial charge in [0.1, 0.15) is 22.3 Å². The number of nitrogens with zero attached hydrogens (tertiary/aromatic N) is 2. The Kier molecular flexibility index (Phi) is 6.94. The molecule has 49 heavy (non-hydrogen) atoms. The van der Waals surface area contributed by atoms with Crippen LogP contribution in [0.5, 0.6) is 0 Å². The fraction of sp³-hybridized carbons (Fsp3) is 0.0667. The molecule has 3 aromatic heterocycles. The summed E-state index contributed by atoms with van der Waals surface area (Å²) in [5.74, 6) is 0. The number of aromatic nitrogens is 1. The molecule has 0 aliphatic heterocycles.